The third-order valence-electron chi connectivity index (χ3n) is 7.61. The third kappa shape index (κ3) is 3.80. The van der Waals surface area contributed by atoms with Gasteiger partial charge in [-0.3, -0.25) is 0 Å². The van der Waals surface area contributed by atoms with Gasteiger partial charge in [0, 0.05) is 32.9 Å². The molecule has 0 unspecified atom stereocenters. The number of benzene rings is 4. The fourth-order valence-electron chi connectivity index (χ4n) is 5.89. The Balaban J connectivity index is 1.57. The quantitative estimate of drug-likeness (QED) is 0.204. The summed E-state index contributed by atoms with van der Waals surface area (Å²) in [6.07, 6.45) is 11.0. The molecule has 0 aliphatic rings. The normalized spacial score (nSPS) is 13.2. The highest BCUT2D eigenvalue weighted by molar-refractivity contribution is 6.13. The zero-order valence-corrected chi connectivity index (χ0v) is 22.7. The summed E-state index contributed by atoms with van der Waals surface area (Å²) in [6.45, 7) is 8.70. The van der Waals surface area contributed by atoms with Crippen molar-refractivity contribution in [2.75, 3.05) is 0 Å². The number of nitrogens with zero attached hydrogens (tertiary/aromatic N) is 2. The lowest BCUT2D eigenvalue weighted by Gasteiger charge is -2.10. The Labute approximate surface area is 224 Å². The molecule has 6 aromatic rings. The van der Waals surface area contributed by atoms with Crippen molar-refractivity contribution >= 4 is 55.0 Å². The van der Waals surface area contributed by atoms with Crippen molar-refractivity contribution in [3.63, 3.8) is 0 Å². The van der Waals surface area contributed by atoms with Crippen LogP contribution in [-0.2, 0) is 0 Å². The Morgan fingerprint density at radius 1 is 0.632 bits per heavy atom. The lowest BCUT2D eigenvalue weighted by atomic mass is 10.0. The molecule has 0 N–H and O–H groups in total. The van der Waals surface area contributed by atoms with Crippen LogP contribution in [-0.4, -0.2) is 9.13 Å². The molecule has 2 aromatic heterocycles. The van der Waals surface area contributed by atoms with Crippen molar-refractivity contribution in [1.82, 2.24) is 9.13 Å². The average Bonchev–Trinajstić information content (AvgIpc) is 3.46. The van der Waals surface area contributed by atoms with E-state index in [1.54, 1.807) is 0 Å². The Morgan fingerprint density at radius 3 is 1.71 bits per heavy atom. The number of para-hydroxylation sites is 2. The minimum Gasteiger partial charge on any atom is -0.314 e. The van der Waals surface area contributed by atoms with Gasteiger partial charge in [-0.1, -0.05) is 80.6 Å². The van der Waals surface area contributed by atoms with Gasteiger partial charge in [0.15, 0.2) is 0 Å². The molecule has 0 radical (unpaired) electrons. The van der Waals surface area contributed by atoms with Gasteiger partial charge < -0.3 is 9.13 Å². The van der Waals surface area contributed by atoms with Gasteiger partial charge in [0.25, 0.3) is 0 Å². The monoisotopic (exact) mass is 494 g/mol. The number of allylic oxidation sites excluding steroid dienone is 6. The number of fused-ring (bicyclic) bond motifs is 6. The van der Waals surface area contributed by atoms with E-state index >= 15 is 0 Å². The summed E-state index contributed by atoms with van der Waals surface area (Å²) in [6, 6.07) is 31.4. The zero-order chi connectivity index (χ0) is 26.2. The SMILES string of the molecule is C/C=C(\C=C/CC)n1c2ccccc2c2cc(-c3ccc4c(c3)c3ccccc3n4/C(C)=C/CC)ccc21. The fraction of sp³-hybridized carbons (Fsp3) is 0.167. The molecule has 0 fully saturated rings. The van der Waals surface area contributed by atoms with Crippen LogP contribution in [0.25, 0.3) is 66.1 Å². The number of rotatable bonds is 6. The van der Waals surface area contributed by atoms with E-state index in [1.165, 1.54) is 66.1 Å². The van der Waals surface area contributed by atoms with Gasteiger partial charge in [-0.15, -0.1) is 0 Å². The predicted octanol–water partition coefficient (Wildman–Crippen LogP) is 10.7. The van der Waals surface area contributed by atoms with E-state index in [2.05, 4.69) is 146 Å². The minimum atomic E-state index is 1.02. The van der Waals surface area contributed by atoms with Gasteiger partial charge in [-0.25, -0.2) is 0 Å². The van der Waals surface area contributed by atoms with Crippen molar-refractivity contribution in [2.45, 2.75) is 40.5 Å². The van der Waals surface area contributed by atoms with E-state index in [4.69, 9.17) is 0 Å². The Morgan fingerprint density at radius 2 is 1.16 bits per heavy atom. The summed E-state index contributed by atoms with van der Waals surface area (Å²) < 4.78 is 4.79. The van der Waals surface area contributed by atoms with E-state index in [-0.39, 0.29) is 0 Å². The Hall–Kier alpha value is -4.30. The van der Waals surface area contributed by atoms with E-state index < -0.39 is 0 Å². The van der Waals surface area contributed by atoms with Gasteiger partial charge in [0.1, 0.15) is 0 Å². The van der Waals surface area contributed by atoms with Crippen LogP contribution in [0.1, 0.15) is 40.5 Å². The molecule has 0 aliphatic heterocycles. The minimum absolute atomic E-state index is 1.02. The van der Waals surface area contributed by atoms with Gasteiger partial charge in [-0.2, -0.15) is 0 Å². The highest BCUT2D eigenvalue weighted by atomic mass is 15.0. The van der Waals surface area contributed by atoms with Crippen LogP contribution in [0, 0.1) is 0 Å². The molecule has 188 valence electrons. The summed E-state index contributed by atoms with van der Waals surface area (Å²) in [5, 5.41) is 5.16. The Kier molecular flexibility index (Phi) is 6.25. The van der Waals surface area contributed by atoms with Crippen LogP contribution in [0.3, 0.4) is 0 Å². The van der Waals surface area contributed by atoms with Crippen LogP contribution in [0.4, 0.5) is 0 Å². The molecule has 0 amide bonds. The first-order valence-electron chi connectivity index (χ1n) is 13.7. The smallest absolute Gasteiger partial charge is 0.0541 e. The summed E-state index contributed by atoms with van der Waals surface area (Å²) in [7, 11) is 0. The molecule has 0 atom stereocenters. The highest BCUT2D eigenvalue weighted by Gasteiger charge is 2.15. The lowest BCUT2D eigenvalue weighted by molar-refractivity contribution is 1.14. The van der Waals surface area contributed by atoms with Gasteiger partial charge >= 0.3 is 0 Å². The number of hydrogen-bond donors (Lipinski definition) is 0. The third-order valence-corrected chi connectivity index (χ3v) is 7.61. The van der Waals surface area contributed by atoms with Crippen LogP contribution in [0.15, 0.2) is 109 Å². The maximum atomic E-state index is 2.40. The second-order valence-corrected chi connectivity index (χ2v) is 9.95. The standard InChI is InChI=1S/C36H34N2/c1-5-8-14-28(7-3)38-34-18-12-10-16-30(34)32-24-27(20-22-36(32)38)26-19-21-35-31(23-26)29-15-9-11-17-33(29)37(35)25(4)13-6-2/h7-24H,5-6H2,1-4H3/b14-8-,25-13+,28-7+. The van der Waals surface area contributed by atoms with Crippen molar-refractivity contribution < 1.29 is 0 Å². The maximum Gasteiger partial charge on any atom is 0.0541 e. The molecule has 6 rings (SSSR count). The topological polar surface area (TPSA) is 9.86 Å². The highest BCUT2D eigenvalue weighted by Crippen LogP contribution is 2.38. The molecule has 0 spiro atoms. The second-order valence-electron chi connectivity index (χ2n) is 9.95. The van der Waals surface area contributed by atoms with Crippen LogP contribution in [0.2, 0.25) is 0 Å². The van der Waals surface area contributed by atoms with Crippen molar-refractivity contribution in [2.24, 2.45) is 0 Å². The molecule has 4 aromatic carbocycles. The summed E-state index contributed by atoms with van der Waals surface area (Å²) in [5.74, 6) is 0. The van der Waals surface area contributed by atoms with Crippen molar-refractivity contribution in [3.05, 3.63) is 109 Å². The van der Waals surface area contributed by atoms with Crippen molar-refractivity contribution in [1.29, 1.82) is 0 Å². The predicted molar refractivity (Wildman–Crippen MR) is 167 cm³/mol. The summed E-state index contributed by atoms with van der Waals surface area (Å²) in [4.78, 5) is 0. The number of aromatic nitrogens is 2. The van der Waals surface area contributed by atoms with Crippen molar-refractivity contribution in [3.8, 4) is 11.1 Å². The first-order valence-corrected chi connectivity index (χ1v) is 13.7. The first kappa shape index (κ1) is 24.1. The van der Waals surface area contributed by atoms with Crippen LogP contribution >= 0.6 is 0 Å². The molecule has 0 bridgehead atoms. The molecule has 2 heterocycles. The van der Waals surface area contributed by atoms with E-state index in [0.29, 0.717) is 0 Å². The lowest BCUT2D eigenvalue weighted by Crippen LogP contribution is -1.94. The molecule has 38 heavy (non-hydrogen) atoms. The average molecular weight is 495 g/mol. The van der Waals surface area contributed by atoms with Crippen LogP contribution < -0.4 is 0 Å². The summed E-state index contributed by atoms with van der Waals surface area (Å²) in [5.41, 5.74) is 9.97. The fourth-order valence-corrected chi connectivity index (χ4v) is 5.89. The molecule has 2 nitrogen and oxygen atoms in total. The summed E-state index contributed by atoms with van der Waals surface area (Å²) >= 11 is 0. The van der Waals surface area contributed by atoms with E-state index in [0.717, 1.165) is 12.8 Å². The molecular weight excluding hydrogens is 460 g/mol. The van der Waals surface area contributed by atoms with E-state index in [9.17, 15) is 0 Å². The van der Waals surface area contributed by atoms with Crippen LogP contribution in [0.5, 0.6) is 0 Å². The zero-order valence-electron chi connectivity index (χ0n) is 22.7. The molecule has 0 aliphatic carbocycles. The molecule has 0 saturated carbocycles. The van der Waals surface area contributed by atoms with Gasteiger partial charge in [0.05, 0.1) is 22.1 Å². The largest absolute Gasteiger partial charge is 0.314 e. The maximum absolute atomic E-state index is 2.40. The molecule has 2 heteroatoms. The first-order chi connectivity index (χ1) is 18.7. The molecular formula is C36H34N2. The Bertz CT molecular complexity index is 1900. The van der Waals surface area contributed by atoms with Gasteiger partial charge in [-0.05, 0) is 80.3 Å². The number of hydrogen-bond acceptors (Lipinski definition) is 0. The molecule has 0 saturated heterocycles. The van der Waals surface area contributed by atoms with Gasteiger partial charge in [0.2, 0.25) is 0 Å². The second kappa shape index (κ2) is 9.87. The van der Waals surface area contributed by atoms with E-state index in [1.807, 2.05) is 0 Å².